The molecule has 1 aliphatic heterocycles. The van der Waals surface area contributed by atoms with Crippen LogP contribution in [0.2, 0.25) is 10.0 Å². The number of esters is 1. The lowest BCUT2D eigenvalue weighted by Gasteiger charge is -2.34. The number of nitrogens with one attached hydrogen (secondary N) is 2. The number of benzene rings is 1. The first kappa shape index (κ1) is 22.4. The summed E-state index contributed by atoms with van der Waals surface area (Å²) in [7, 11) is 1.29. The van der Waals surface area contributed by atoms with Crippen LogP contribution >= 0.6 is 23.2 Å². The van der Waals surface area contributed by atoms with Crippen molar-refractivity contribution in [2.45, 2.75) is 25.8 Å². The standard InChI is InChI=1S/C22H21Cl2FN4O3/c1-11-18(23)19(24)20(26-11)21(30)27-13-5-7-29(8-6-13)17-10-16(22(31)32-2)28-15-4-3-12(25)9-14(15)17/h3-4,9-10,13,26H,5-8H2,1-2H3,(H,27,30). The number of halogens is 3. The number of carbonyl (C=O) groups excluding carboxylic acids is 2. The first-order valence-corrected chi connectivity index (χ1v) is 10.8. The van der Waals surface area contributed by atoms with Crippen LogP contribution in [0, 0.1) is 12.7 Å². The van der Waals surface area contributed by atoms with E-state index < -0.39 is 5.97 Å². The molecule has 32 heavy (non-hydrogen) atoms. The second-order valence-corrected chi connectivity index (χ2v) is 8.42. The zero-order valence-electron chi connectivity index (χ0n) is 17.5. The van der Waals surface area contributed by atoms with Gasteiger partial charge in [0.15, 0.2) is 5.69 Å². The van der Waals surface area contributed by atoms with Crippen LogP contribution in [0.15, 0.2) is 24.3 Å². The van der Waals surface area contributed by atoms with E-state index in [0.717, 1.165) is 0 Å². The smallest absolute Gasteiger partial charge is 0.356 e. The Bertz CT molecular complexity index is 1210. The van der Waals surface area contributed by atoms with Gasteiger partial charge >= 0.3 is 5.97 Å². The first-order valence-electron chi connectivity index (χ1n) is 10.1. The number of H-pyrrole nitrogens is 1. The minimum atomic E-state index is -0.559. The summed E-state index contributed by atoms with van der Waals surface area (Å²) in [6, 6.07) is 5.81. The Balaban J connectivity index is 1.52. The van der Waals surface area contributed by atoms with Crippen molar-refractivity contribution in [1.29, 1.82) is 0 Å². The number of nitrogens with zero attached hydrogens (tertiary/aromatic N) is 2. The second kappa shape index (κ2) is 8.96. The molecule has 0 bridgehead atoms. The van der Waals surface area contributed by atoms with Gasteiger partial charge < -0.3 is 19.9 Å². The van der Waals surface area contributed by atoms with E-state index in [0.29, 0.717) is 53.2 Å². The molecule has 1 saturated heterocycles. The van der Waals surface area contributed by atoms with Gasteiger partial charge in [0.1, 0.15) is 11.5 Å². The van der Waals surface area contributed by atoms with Crippen molar-refractivity contribution in [2.24, 2.45) is 0 Å². The summed E-state index contributed by atoms with van der Waals surface area (Å²) in [6.07, 6.45) is 1.31. The van der Waals surface area contributed by atoms with E-state index in [4.69, 9.17) is 27.9 Å². The number of pyridine rings is 1. The largest absolute Gasteiger partial charge is 0.464 e. The molecule has 2 aromatic heterocycles. The summed E-state index contributed by atoms with van der Waals surface area (Å²) in [6.45, 7) is 2.94. The maximum Gasteiger partial charge on any atom is 0.356 e. The van der Waals surface area contributed by atoms with Crippen LogP contribution in [0.3, 0.4) is 0 Å². The number of aryl methyl sites for hydroxylation is 1. The molecule has 0 aliphatic carbocycles. The van der Waals surface area contributed by atoms with E-state index in [1.54, 1.807) is 19.1 Å². The van der Waals surface area contributed by atoms with Crippen LogP contribution in [0.4, 0.5) is 10.1 Å². The SMILES string of the molecule is COC(=O)c1cc(N2CCC(NC(=O)c3[nH]c(C)c(Cl)c3Cl)CC2)c2cc(F)ccc2n1. The molecule has 0 radical (unpaired) electrons. The number of anilines is 1. The Labute approximate surface area is 193 Å². The Kier molecular flexibility index (Phi) is 6.26. The number of hydrogen-bond acceptors (Lipinski definition) is 5. The van der Waals surface area contributed by atoms with Gasteiger partial charge in [0, 0.05) is 35.9 Å². The number of aromatic amines is 1. The number of fused-ring (bicyclic) bond motifs is 1. The maximum atomic E-state index is 13.9. The zero-order valence-corrected chi connectivity index (χ0v) is 19.0. The molecule has 168 valence electrons. The van der Waals surface area contributed by atoms with Gasteiger partial charge in [-0.25, -0.2) is 14.2 Å². The highest BCUT2D eigenvalue weighted by Crippen LogP contribution is 2.31. The molecule has 4 rings (SSSR count). The third-order valence-corrected chi connectivity index (χ3v) is 6.54. The Morgan fingerprint density at radius 3 is 2.56 bits per heavy atom. The van der Waals surface area contributed by atoms with Crippen LogP contribution in [0.1, 0.15) is 39.5 Å². The van der Waals surface area contributed by atoms with Gasteiger partial charge in [-0.3, -0.25) is 4.79 Å². The van der Waals surface area contributed by atoms with Gasteiger partial charge in [0.25, 0.3) is 5.91 Å². The van der Waals surface area contributed by atoms with Crippen molar-refractivity contribution in [3.63, 3.8) is 0 Å². The topological polar surface area (TPSA) is 87.3 Å². The van der Waals surface area contributed by atoms with Crippen molar-refractivity contribution in [3.8, 4) is 0 Å². The number of piperidine rings is 1. The third kappa shape index (κ3) is 4.25. The van der Waals surface area contributed by atoms with Gasteiger partial charge in [-0.1, -0.05) is 23.2 Å². The predicted molar refractivity (Wildman–Crippen MR) is 121 cm³/mol. The molecule has 2 N–H and O–H groups in total. The van der Waals surface area contributed by atoms with Gasteiger partial charge in [-0.2, -0.15) is 0 Å². The number of methoxy groups -OCH3 is 1. The Hall–Kier alpha value is -2.84. The lowest BCUT2D eigenvalue weighted by molar-refractivity contribution is 0.0594. The molecule has 0 spiro atoms. The number of rotatable bonds is 4. The molecule has 1 aliphatic rings. The van der Waals surface area contributed by atoms with Crippen molar-refractivity contribution in [3.05, 3.63) is 57.2 Å². The highest BCUT2D eigenvalue weighted by molar-refractivity contribution is 6.44. The molecule has 0 atom stereocenters. The minimum absolute atomic E-state index is 0.0675. The molecule has 0 saturated carbocycles. The van der Waals surface area contributed by atoms with E-state index in [9.17, 15) is 14.0 Å². The molecule has 3 heterocycles. The molecule has 1 fully saturated rings. The molecule has 10 heteroatoms. The fraction of sp³-hybridized carbons (Fsp3) is 0.318. The molecule has 1 amide bonds. The fourth-order valence-electron chi connectivity index (χ4n) is 3.90. The van der Waals surface area contributed by atoms with Crippen LogP contribution in [-0.2, 0) is 4.74 Å². The van der Waals surface area contributed by atoms with Gasteiger partial charge in [-0.05, 0) is 44.0 Å². The van der Waals surface area contributed by atoms with Crippen molar-refractivity contribution < 1.29 is 18.7 Å². The number of aromatic nitrogens is 2. The third-order valence-electron chi connectivity index (χ3n) is 5.60. The highest BCUT2D eigenvalue weighted by Gasteiger charge is 2.26. The first-order chi connectivity index (χ1) is 15.3. The molecular formula is C22H21Cl2FN4O3. The highest BCUT2D eigenvalue weighted by atomic mass is 35.5. The van der Waals surface area contributed by atoms with Crippen LogP contribution in [0.25, 0.3) is 10.9 Å². The summed E-state index contributed by atoms with van der Waals surface area (Å²) in [5.41, 5.74) is 2.25. The predicted octanol–water partition coefficient (Wildman–Crippen LogP) is 4.50. The zero-order chi connectivity index (χ0) is 23.0. The molecule has 3 aromatic rings. The summed E-state index contributed by atoms with van der Waals surface area (Å²) in [5, 5.41) is 4.15. The summed E-state index contributed by atoms with van der Waals surface area (Å²) in [4.78, 5) is 34.0. The van der Waals surface area contributed by atoms with E-state index in [2.05, 4.69) is 20.2 Å². The summed E-state index contributed by atoms with van der Waals surface area (Å²) >= 11 is 12.2. The maximum absolute atomic E-state index is 13.9. The normalized spacial score (nSPS) is 14.6. The van der Waals surface area contributed by atoms with Crippen molar-refractivity contribution in [2.75, 3.05) is 25.1 Å². The van der Waals surface area contributed by atoms with E-state index >= 15 is 0 Å². The summed E-state index contributed by atoms with van der Waals surface area (Å²) < 4.78 is 18.7. The van der Waals surface area contributed by atoms with Gasteiger partial charge in [0.05, 0.1) is 22.7 Å². The monoisotopic (exact) mass is 478 g/mol. The van der Waals surface area contributed by atoms with Crippen molar-refractivity contribution in [1.82, 2.24) is 15.3 Å². The van der Waals surface area contributed by atoms with E-state index in [-0.39, 0.29) is 34.2 Å². The molecular weight excluding hydrogens is 458 g/mol. The average Bonchev–Trinajstić information content (AvgIpc) is 3.05. The number of hydrogen-bond donors (Lipinski definition) is 2. The minimum Gasteiger partial charge on any atom is -0.464 e. The van der Waals surface area contributed by atoms with Crippen molar-refractivity contribution >= 4 is 51.7 Å². The molecule has 1 aromatic carbocycles. The van der Waals surface area contributed by atoms with Gasteiger partial charge in [0.2, 0.25) is 0 Å². The summed E-state index contributed by atoms with van der Waals surface area (Å²) in [5.74, 6) is -1.26. The lowest BCUT2D eigenvalue weighted by Crippen LogP contribution is -2.45. The lowest BCUT2D eigenvalue weighted by atomic mass is 10.0. The second-order valence-electron chi connectivity index (χ2n) is 7.67. The number of carbonyl (C=O) groups is 2. The number of amides is 1. The average molecular weight is 479 g/mol. The van der Waals surface area contributed by atoms with E-state index in [1.807, 2.05) is 0 Å². The van der Waals surface area contributed by atoms with Gasteiger partial charge in [-0.15, -0.1) is 0 Å². The Morgan fingerprint density at radius 1 is 1.22 bits per heavy atom. The quantitative estimate of drug-likeness (QED) is 0.538. The number of ether oxygens (including phenoxy) is 1. The fourth-order valence-corrected chi connectivity index (χ4v) is 4.32. The Morgan fingerprint density at radius 2 is 1.94 bits per heavy atom. The van der Waals surface area contributed by atoms with E-state index in [1.165, 1.54) is 19.2 Å². The van der Waals surface area contributed by atoms with Crippen LogP contribution < -0.4 is 10.2 Å². The molecule has 7 nitrogen and oxygen atoms in total. The van der Waals surface area contributed by atoms with Crippen LogP contribution in [-0.4, -0.2) is 48.1 Å². The van der Waals surface area contributed by atoms with Crippen LogP contribution in [0.5, 0.6) is 0 Å². The molecule has 0 unspecified atom stereocenters.